The predicted octanol–water partition coefficient (Wildman–Crippen LogP) is 6.04. The van der Waals surface area contributed by atoms with Crippen LogP contribution in [-0.2, 0) is 19.5 Å². The second kappa shape index (κ2) is 10.6. The molecule has 3 nitrogen and oxygen atoms in total. The standard InChI is InChI=1S/C30H32ClN3/c31-29-10-12-30(13-11-29)34(20-24-7-9-25-8-6-23(17-32)15-26(25)16-24)21-28-19-33-18-27(28)14-22-4-2-1-3-5-22/h1-13,15-16,27-28,33H,14,17-21,32H2/t27-,28?/m0/s1. The Morgan fingerprint density at radius 1 is 0.765 bits per heavy atom. The van der Waals surface area contributed by atoms with Crippen LogP contribution in [0.1, 0.15) is 16.7 Å². The minimum Gasteiger partial charge on any atom is -0.367 e. The van der Waals surface area contributed by atoms with Crippen molar-refractivity contribution in [2.75, 3.05) is 24.5 Å². The van der Waals surface area contributed by atoms with E-state index in [1.165, 1.54) is 33.2 Å². The van der Waals surface area contributed by atoms with Gasteiger partial charge in [0.15, 0.2) is 0 Å². The summed E-state index contributed by atoms with van der Waals surface area (Å²) in [5.41, 5.74) is 11.0. The smallest absolute Gasteiger partial charge is 0.0429 e. The van der Waals surface area contributed by atoms with Crippen molar-refractivity contribution in [1.82, 2.24) is 5.32 Å². The number of nitrogens with one attached hydrogen (secondary N) is 1. The molecule has 0 bridgehead atoms. The predicted molar refractivity (Wildman–Crippen MR) is 144 cm³/mol. The summed E-state index contributed by atoms with van der Waals surface area (Å²) in [6.07, 6.45) is 1.12. The highest BCUT2D eigenvalue weighted by Crippen LogP contribution is 2.28. The molecule has 5 rings (SSSR count). The SMILES string of the molecule is NCc1ccc2ccc(CN(CC3CNC[C@@H]3Cc3ccccc3)c3ccc(Cl)cc3)cc2c1. The molecule has 0 amide bonds. The lowest BCUT2D eigenvalue weighted by atomic mass is 9.89. The molecule has 3 N–H and O–H groups in total. The van der Waals surface area contributed by atoms with Gasteiger partial charge in [-0.25, -0.2) is 0 Å². The molecule has 0 spiro atoms. The molecule has 1 saturated heterocycles. The molecule has 1 aliphatic rings. The van der Waals surface area contributed by atoms with E-state index in [2.05, 4.69) is 89.1 Å². The van der Waals surface area contributed by atoms with E-state index < -0.39 is 0 Å². The fourth-order valence-electron chi connectivity index (χ4n) is 5.14. The Labute approximate surface area is 207 Å². The fourth-order valence-corrected chi connectivity index (χ4v) is 5.27. The van der Waals surface area contributed by atoms with Gasteiger partial charge in [-0.1, -0.05) is 66.2 Å². The highest BCUT2D eigenvalue weighted by molar-refractivity contribution is 6.30. The van der Waals surface area contributed by atoms with Crippen molar-refractivity contribution in [3.63, 3.8) is 0 Å². The zero-order valence-corrected chi connectivity index (χ0v) is 20.2. The average Bonchev–Trinajstić information content (AvgIpc) is 3.30. The molecule has 1 aliphatic heterocycles. The minimum atomic E-state index is 0.564. The monoisotopic (exact) mass is 469 g/mol. The van der Waals surface area contributed by atoms with Crippen molar-refractivity contribution in [3.05, 3.63) is 113 Å². The maximum Gasteiger partial charge on any atom is 0.0429 e. The zero-order chi connectivity index (χ0) is 23.3. The lowest BCUT2D eigenvalue weighted by Crippen LogP contribution is -2.33. The minimum absolute atomic E-state index is 0.564. The van der Waals surface area contributed by atoms with Crippen molar-refractivity contribution >= 4 is 28.1 Å². The highest BCUT2D eigenvalue weighted by atomic mass is 35.5. The van der Waals surface area contributed by atoms with E-state index in [0.29, 0.717) is 18.4 Å². The van der Waals surface area contributed by atoms with E-state index in [9.17, 15) is 0 Å². The molecule has 1 unspecified atom stereocenters. The van der Waals surface area contributed by atoms with Crippen molar-refractivity contribution < 1.29 is 0 Å². The normalized spacial score (nSPS) is 17.8. The van der Waals surface area contributed by atoms with Gasteiger partial charge in [-0.05, 0) is 95.2 Å². The number of hydrogen-bond donors (Lipinski definition) is 2. The van der Waals surface area contributed by atoms with Crippen LogP contribution < -0.4 is 16.0 Å². The molecule has 0 aromatic heterocycles. The van der Waals surface area contributed by atoms with E-state index in [1.807, 2.05) is 12.1 Å². The summed E-state index contributed by atoms with van der Waals surface area (Å²) < 4.78 is 0. The highest BCUT2D eigenvalue weighted by Gasteiger charge is 2.29. The van der Waals surface area contributed by atoms with Crippen LogP contribution in [0, 0.1) is 11.8 Å². The van der Waals surface area contributed by atoms with Crippen LogP contribution >= 0.6 is 11.6 Å². The first-order valence-corrected chi connectivity index (χ1v) is 12.5. The number of nitrogens with zero attached hydrogens (tertiary/aromatic N) is 1. The second-order valence-electron chi connectivity index (χ2n) is 9.45. The molecule has 0 aliphatic carbocycles. The molecular weight excluding hydrogens is 438 g/mol. The summed E-state index contributed by atoms with van der Waals surface area (Å²) in [5.74, 6) is 1.21. The Hall–Kier alpha value is -2.85. The third-order valence-electron chi connectivity index (χ3n) is 7.05. The Kier molecular flexibility index (Phi) is 7.15. The van der Waals surface area contributed by atoms with Gasteiger partial charge >= 0.3 is 0 Å². The maximum absolute atomic E-state index is 6.22. The average molecular weight is 470 g/mol. The zero-order valence-electron chi connectivity index (χ0n) is 19.5. The lowest BCUT2D eigenvalue weighted by molar-refractivity contribution is 0.413. The summed E-state index contributed by atoms with van der Waals surface area (Å²) in [5, 5.41) is 6.92. The van der Waals surface area contributed by atoms with E-state index in [1.54, 1.807) is 0 Å². The van der Waals surface area contributed by atoms with Crippen LogP contribution in [0.15, 0.2) is 91.0 Å². The molecule has 174 valence electrons. The van der Waals surface area contributed by atoms with Crippen LogP contribution in [-0.4, -0.2) is 19.6 Å². The van der Waals surface area contributed by atoms with Gasteiger partial charge in [-0.3, -0.25) is 0 Å². The molecule has 1 fully saturated rings. The van der Waals surface area contributed by atoms with Gasteiger partial charge in [-0.15, -0.1) is 0 Å². The van der Waals surface area contributed by atoms with Crippen LogP contribution in [0.3, 0.4) is 0 Å². The van der Waals surface area contributed by atoms with E-state index >= 15 is 0 Å². The number of benzene rings is 4. The second-order valence-corrected chi connectivity index (χ2v) is 9.88. The van der Waals surface area contributed by atoms with Crippen LogP contribution in [0.4, 0.5) is 5.69 Å². The summed E-state index contributed by atoms with van der Waals surface area (Å²) in [4.78, 5) is 2.51. The first-order chi connectivity index (χ1) is 16.7. The number of rotatable bonds is 8. The number of hydrogen-bond acceptors (Lipinski definition) is 3. The maximum atomic E-state index is 6.22. The van der Waals surface area contributed by atoms with Crippen LogP contribution in [0.5, 0.6) is 0 Å². The summed E-state index contributed by atoms with van der Waals surface area (Å²) in [6.45, 7) is 4.56. The van der Waals surface area contributed by atoms with Gasteiger partial charge in [0.25, 0.3) is 0 Å². The van der Waals surface area contributed by atoms with Gasteiger partial charge in [-0.2, -0.15) is 0 Å². The largest absolute Gasteiger partial charge is 0.367 e. The molecule has 34 heavy (non-hydrogen) atoms. The third-order valence-corrected chi connectivity index (χ3v) is 7.30. The van der Waals surface area contributed by atoms with Gasteiger partial charge in [0.05, 0.1) is 0 Å². The first kappa shape index (κ1) is 22.9. The van der Waals surface area contributed by atoms with E-state index in [4.69, 9.17) is 17.3 Å². The molecule has 0 saturated carbocycles. The molecule has 4 aromatic rings. The third kappa shape index (κ3) is 5.44. The summed E-state index contributed by atoms with van der Waals surface area (Å²) in [7, 11) is 0. The van der Waals surface area contributed by atoms with Crippen LogP contribution in [0.25, 0.3) is 10.8 Å². The summed E-state index contributed by atoms with van der Waals surface area (Å²) >= 11 is 6.22. The van der Waals surface area contributed by atoms with Crippen molar-refractivity contribution in [2.24, 2.45) is 17.6 Å². The first-order valence-electron chi connectivity index (χ1n) is 12.1. The van der Waals surface area contributed by atoms with Gasteiger partial charge in [0.2, 0.25) is 0 Å². The molecule has 0 radical (unpaired) electrons. The van der Waals surface area contributed by atoms with Crippen molar-refractivity contribution in [2.45, 2.75) is 19.5 Å². The Balaban J connectivity index is 1.39. The van der Waals surface area contributed by atoms with Crippen molar-refractivity contribution in [1.29, 1.82) is 0 Å². The van der Waals surface area contributed by atoms with E-state index in [-0.39, 0.29) is 0 Å². The Morgan fingerprint density at radius 2 is 1.47 bits per heavy atom. The molecule has 4 heteroatoms. The molecule has 4 aromatic carbocycles. The molecule has 2 atom stereocenters. The number of anilines is 1. The molecule has 1 heterocycles. The fraction of sp³-hybridized carbons (Fsp3) is 0.267. The number of halogens is 1. The van der Waals surface area contributed by atoms with Gasteiger partial charge in [0.1, 0.15) is 0 Å². The topological polar surface area (TPSA) is 41.3 Å². The Bertz CT molecular complexity index is 1220. The Morgan fingerprint density at radius 3 is 2.24 bits per heavy atom. The summed E-state index contributed by atoms with van der Waals surface area (Å²) in [6, 6.07) is 32.4. The van der Waals surface area contributed by atoms with Gasteiger partial charge in [0, 0.05) is 30.3 Å². The van der Waals surface area contributed by atoms with E-state index in [0.717, 1.165) is 37.6 Å². The number of fused-ring (bicyclic) bond motifs is 1. The van der Waals surface area contributed by atoms with Crippen LogP contribution in [0.2, 0.25) is 5.02 Å². The molecular formula is C30H32ClN3. The quantitative estimate of drug-likeness (QED) is 0.330. The number of nitrogens with two attached hydrogens (primary N) is 1. The van der Waals surface area contributed by atoms with Gasteiger partial charge < -0.3 is 16.0 Å². The lowest BCUT2D eigenvalue weighted by Gasteiger charge is -2.30. The van der Waals surface area contributed by atoms with Crippen molar-refractivity contribution in [3.8, 4) is 0 Å².